The molecule has 1 aromatic heterocycles. The number of nitrogens with one attached hydrogen (secondary N) is 1. The van der Waals surface area contributed by atoms with Crippen LogP contribution < -0.4 is 5.32 Å². The summed E-state index contributed by atoms with van der Waals surface area (Å²) in [6, 6.07) is 9.79. The predicted octanol–water partition coefficient (Wildman–Crippen LogP) is 3.78. The number of aromatic nitrogens is 2. The number of para-hydroxylation sites is 1. The zero-order valence-corrected chi connectivity index (χ0v) is 13.0. The summed E-state index contributed by atoms with van der Waals surface area (Å²) in [5, 5.41) is 4.37. The average Bonchev–Trinajstić information content (AvgIpc) is 2.45. The first-order chi connectivity index (χ1) is 9.72. The molecule has 0 aliphatic carbocycles. The van der Waals surface area contributed by atoms with E-state index >= 15 is 0 Å². The van der Waals surface area contributed by atoms with Crippen LogP contribution in [0.5, 0.6) is 0 Å². The molecule has 0 atom stereocenters. The summed E-state index contributed by atoms with van der Waals surface area (Å²) in [5.41, 5.74) is 2.18. The minimum atomic E-state index is 0.432. The maximum Gasteiger partial charge on any atom is 0.190 e. The molecule has 6 heteroatoms. The first kappa shape index (κ1) is 15.1. The van der Waals surface area contributed by atoms with E-state index in [9.17, 15) is 0 Å². The van der Waals surface area contributed by atoms with E-state index in [1.54, 1.807) is 13.2 Å². The zero-order valence-electron chi connectivity index (χ0n) is 11.4. The zero-order chi connectivity index (χ0) is 14.4. The number of methoxy groups -OCH3 is 1. The van der Waals surface area contributed by atoms with Gasteiger partial charge in [0.1, 0.15) is 11.0 Å². The SMILES string of the molecule is COCCc1ccccc1Nc1cc(Cl)nc(SC)n1. The average molecular weight is 310 g/mol. The first-order valence-corrected chi connectivity index (χ1v) is 7.75. The fraction of sp³-hybridized carbons (Fsp3) is 0.286. The fourth-order valence-electron chi connectivity index (χ4n) is 1.76. The summed E-state index contributed by atoms with van der Waals surface area (Å²) in [7, 11) is 1.70. The van der Waals surface area contributed by atoms with E-state index in [4.69, 9.17) is 16.3 Å². The number of anilines is 2. The lowest BCUT2D eigenvalue weighted by Crippen LogP contribution is -2.02. The second kappa shape index (κ2) is 7.47. The normalized spacial score (nSPS) is 10.6. The van der Waals surface area contributed by atoms with Crippen LogP contribution in [-0.2, 0) is 11.2 Å². The minimum absolute atomic E-state index is 0.432. The van der Waals surface area contributed by atoms with Crippen molar-refractivity contribution in [3.05, 3.63) is 41.0 Å². The van der Waals surface area contributed by atoms with Crippen LogP contribution >= 0.6 is 23.4 Å². The van der Waals surface area contributed by atoms with Crippen LogP contribution in [0.15, 0.2) is 35.5 Å². The number of benzene rings is 1. The van der Waals surface area contributed by atoms with Gasteiger partial charge >= 0.3 is 0 Å². The summed E-state index contributed by atoms with van der Waals surface area (Å²) < 4.78 is 5.13. The molecule has 1 aromatic carbocycles. The summed E-state index contributed by atoms with van der Waals surface area (Å²) in [6.45, 7) is 0.680. The van der Waals surface area contributed by atoms with Crippen molar-refractivity contribution >= 4 is 34.9 Å². The first-order valence-electron chi connectivity index (χ1n) is 6.15. The third-order valence-electron chi connectivity index (χ3n) is 2.71. The number of nitrogens with zero attached hydrogens (tertiary/aromatic N) is 2. The summed E-state index contributed by atoms with van der Waals surface area (Å²) in [5.74, 6) is 0.694. The van der Waals surface area contributed by atoms with Crippen LogP contribution in [0, 0.1) is 0 Å². The van der Waals surface area contributed by atoms with Gasteiger partial charge in [0, 0.05) is 18.9 Å². The Morgan fingerprint density at radius 2 is 2.10 bits per heavy atom. The van der Waals surface area contributed by atoms with Crippen molar-refractivity contribution in [2.24, 2.45) is 0 Å². The molecule has 0 spiro atoms. The molecule has 2 aromatic rings. The lowest BCUT2D eigenvalue weighted by molar-refractivity contribution is 0.202. The monoisotopic (exact) mass is 309 g/mol. The number of ether oxygens (including phenoxy) is 1. The van der Waals surface area contributed by atoms with Gasteiger partial charge in [0.05, 0.1) is 6.61 Å². The van der Waals surface area contributed by atoms with E-state index in [0.29, 0.717) is 22.7 Å². The van der Waals surface area contributed by atoms with E-state index in [2.05, 4.69) is 21.4 Å². The van der Waals surface area contributed by atoms with Crippen LogP contribution in [0.4, 0.5) is 11.5 Å². The van der Waals surface area contributed by atoms with Crippen molar-refractivity contribution in [3.8, 4) is 0 Å². The lowest BCUT2D eigenvalue weighted by Gasteiger charge is -2.11. The van der Waals surface area contributed by atoms with Gasteiger partial charge in [-0.15, -0.1) is 0 Å². The molecule has 4 nitrogen and oxygen atoms in total. The van der Waals surface area contributed by atoms with Gasteiger partial charge in [-0.05, 0) is 24.3 Å². The molecule has 1 heterocycles. The third kappa shape index (κ3) is 4.10. The molecule has 0 saturated heterocycles. The molecule has 1 N–H and O–H groups in total. The van der Waals surface area contributed by atoms with E-state index in [1.165, 1.54) is 17.3 Å². The van der Waals surface area contributed by atoms with Gasteiger partial charge in [0.2, 0.25) is 0 Å². The predicted molar refractivity (Wildman–Crippen MR) is 84.1 cm³/mol. The van der Waals surface area contributed by atoms with Gasteiger partial charge < -0.3 is 10.1 Å². The molecule has 0 amide bonds. The molecule has 106 valence electrons. The van der Waals surface area contributed by atoms with E-state index < -0.39 is 0 Å². The largest absolute Gasteiger partial charge is 0.384 e. The van der Waals surface area contributed by atoms with Crippen LogP contribution in [0.1, 0.15) is 5.56 Å². The van der Waals surface area contributed by atoms with Gasteiger partial charge in [-0.1, -0.05) is 41.6 Å². The number of rotatable bonds is 6. The van der Waals surface area contributed by atoms with Crippen molar-refractivity contribution in [1.82, 2.24) is 9.97 Å². The molecule has 20 heavy (non-hydrogen) atoms. The molecule has 0 aliphatic heterocycles. The number of hydrogen-bond donors (Lipinski definition) is 1. The Labute approximate surface area is 127 Å². The second-order valence-corrected chi connectivity index (χ2v) is 5.25. The summed E-state index contributed by atoms with van der Waals surface area (Å²) in [4.78, 5) is 8.52. The van der Waals surface area contributed by atoms with Gasteiger partial charge in [-0.25, -0.2) is 9.97 Å². The molecule has 0 saturated carbocycles. The van der Waals surface area contributed by atoms with E-state index in [1.807, 2.05) is 24.5 Å². The quantitative estimate of drug-likeness (QED) is 0.500. The topological polar surface area (TPSA) is 47.0 Å². The Morgan fingerprint density at radius 1 is 1.30 bits per heavy atom. The third-order valence-corrected chi connectivity index (χ3v) is 3.45. The molecular formula is C14H16ClN3OS. The van der Waals surface area contributed by atoms with Gasteiger partial charge in [-0.3, -0.25) is 0 Å². The van der Waals surface area contributed by atoms with Gasteiger partial charge in [-0.2, -0.15) is 0 Å². The number of hydrogen-bond acceptors (Lipinski definition) is 5. The number of halogens is 1. The maximum atomic E-state index is 5.99. The highest BCUT2D eigenvalue weighted by atomic mass is 35.5. The Balaban J connectivity index is 2.23. The Morgan fingerprint density at radius 3 is 2.85 bits per heavy atom. The van der Waals surface area contributed by atoms with Crippen LogP contribution in [0.3, 0.4) is 0 Å². The van der Waals surface area contributed by atoms with Crippen molar-refractivity contribution in [1.29, 1.82) is 0 Å². The van der Waals surface area contributed by atoms with Crippen molar-refractivity contribution < 1.29 is 4.74 Å². The van der Waals surface area contributed by atoms with Crippen molar-refractivity contribution in [2.75, 3.05) is 25.3 Å². The molecule has 0 aliphatic rings. The summed E-state index contributed by atoms with van der Waals surface area (Å²) in [6.07, 6.45) is 2.76. The standard InChI is InChI=1S/C14H16ClN3OS/c1-19-8-7-10-5-3-4-6-11(10)16-13-9-12(15)17-14(18-13)20-2/h3-6,9H,7-8H2,1-2H3,(H,16,17,18). The molecular weight excluding hydrogens is 294 g/mol. The van der Waals surface area contributed by atoms with Crippen LogP contribution in [0.2, 0.25) is 5.15 Å². The molecule has 0 fully saturated rings. The number of thioether (sulfide) groups is 1. The highest BCUT2D eigenvalue weighted by Crippen LogP contribution is 2.23. The highest BCUT2D eigenvalue weighted by Gasteiger charge is 2.06. The maximum absolute atomic E-state index is 5.99. The van der Waals surface area contributed by atoms with E-state index in [-0.39, 0.29) is 0 Å². The minimum Gasteiger partial charge on any atom is -0.384 e. The second-order valence-electron chi connectivity index (χ2n) is 4.09. The van der Waals surface area contributed by atoms with Crippen molar-refractivity contribution in [2.45, 2.75) is 11.6 Å². The Hall–Kier alpha value is -1.30. The smallest absolute Gasteiger partial charge is 0.190 e. The van der Waals surface area contributed by atoms with Gasteiger partial charge in [0.15, 0.2) is 5.16 Å². The van der Waals surface area contributed by atoms with Crippen LogP contribution in [-0.4, -0.2) is 29.9 Å². The van der Waals surface area contributed by atoms with Crippen molar-refractivity contribution in [3.63, 3.8) is 0 Å². The summed E-state index contributed by atoms with van der Waals surface area (Å²) >= 11 is 7.45. The van der Waals surface area contributed by atoms with Gasteiger partial charge in [0.25, 0.3) is 0 Å². The molecule has 0 bridgehead atoms. The van der Waals surface area contributed by atoms with Crippen LogP contribution in [0.25, 0.3) is 0 Å². The Kier molecular flexibility index (Phi) is 5.64. The molecule has 0 unspecified atom stereocenters. The molecule has 2 rings (SSSR count). The fourth-order valence-corrected chi connectivity index (χ4v) is 2.38. The highest BCUT2D eigenvalue weighted by molar-refractivity contribution is 7.98. The Bertz CT molecular complexity index is 580. The lowest BCUT2D eigenvalue weighted by atomic mass is 10.1. The molecule has 0 radical (unpaired) electrons. The van der Waals surface area contributed by atoms with E-state index in [0.717, 1.165) is 12.1 Å².